The van der Waals surface area contributed by atoms with Gasteiger partial charge in [-0.1, -0.05) is 36.2 Å². The summed E-state index contributed by atoms with van der Waals surface area (Å²) in [4.78, 5) is 4.97. The van der Waals surface area contributed by atoms with Gasteiger partial charge in [0.15, 0.2) is 0 Å². The van der Waals surface area contributed by atoms with Gasteiger partial charge in [-0.05, 0) is 53.0 Å². The smallest absolute Gasteiger partial charge is 0.0449 e. The van der Waals surface area contributed by atoms with E-state index in [9.17, 15) is 0 Å². The largest absolute Gasteiger partial charge is 0.309 e. The fraction of sp³-hybridized carbons (Fsp3) is 0.667. The summed E-state index contributed by atoms with van der Waals surface area (Å²) in [7, 11) is 4.39. The van der Waals surface area contributed by atoms with Crippen LogP contribution < -0.4 is 5.32 Å². The van der Waals surface area contributed by atoms with E-state index in [-0.39, 0.29) is 0 Å². The summed E-state index contributed by atoms with van der Waals surface area (Å²) in [6, 6.07) is 8.07. The quantitative estimate of drug-likeness (QED) is 0.868. The molecule has 0 aliphatic carbocycles. The van der Waals surface area contributed by atoms with Crippen molar-refractivity contribution in [1.82, 2.24) is 15.1 Å². The van der Waals surface area contributed by atoms with Crippen LogP contribution in [0.1, 0.15) is 36.1 Å². The Morgan fingerprint density at radius 1 is 1.24 bits per heavy atom. The highest BCUT2D eigenvalue weighted by atomic mass is 15.2. The lowest BCUT2D eigenvalue weighted by Crippen LogP contribution is -2.36. The first kappa shape index (κ1) is 16.5. The molecule has 21 heavy (non-hydrogen) atoms. The van der Waals surface area contributed by atoms with Crippen LogP contribution in [0.4, 0.5) is 0 Å². The first-order valence-electron chi connectivity index (χ1n) is 8.20. The Kier molecular flexibility index (Phi) is 5.80. The number of nitrogens with one attached hydrogen (secondary N) is 1. The Bertz CT molecular complexity index is 436. The van der Waals surface area contributed by atoms with E-state index in [0.717, 1.165) is 13.1 Å². The Hall–Kier alpha value is -0.900. The van der Waals surface area contributed by atoms with E-state index >= 15 is 0 Å². The van der Waals surface area contributed by atoms with E-state index < -0.39 is 0 Å². The number of likely N-dealkylation sites (tertiary alicyclic amines) is 1. The van der Waals surface area contributed by atoms with E-state index in [0.29, 0.717) is 12.1 Å². The highest BCUT2D eigenvalue weighted by molar-refractivity contribution is 5.31. The summed E-state index contributed by atoms with van der Waals surface area (Å²) >= 11 is 0. The van der Waals surface area contributed by atoms with Gasteiger partial charge in [-0.25, -0.2) is 0 Å². The molecule has 3 nitrogen and oxygen atoms in total. The predicted octanol–water partition coefficient (Wildman–Crippen LogP) is 2.59. The van der Waals surface area contributed by atoms with Crippen molar-refractivity contribution in [1.29, 1.82) is 0 Å². The molecule has 1 aliphatic rings. The molecule has 3 heteroatoms. The number of likely N-dealkylation sites (N-methyl/N-ethyl adjacent to an activating group) is 2. The minimum absolute atomic E-state index is 0.439. The van der Waals surface area contributed by atoms with Crippen LogP contribution in [-0.4, -0.2) is 56.1 Å². The van der Waals surface area contributed by atoms with Crippen LogP contribution in [-0.2, 0) is 0 Å². The van der Waals surface area contributed by atoms with Crippen LogP contribution in [0, 0.1) is 13.8 Å². The van der Waals surface area contributed by atoms with Crippen LogP contribution in [0.3, 0.4) is 0 Å². The lowest BCUT2D eigenvalue weighted by atomic mass is 10.0. The van der Waals surface area contributed by atoms with Crippen molar-refractivity contribution >= 4 is 0 Å². The monoisotopic (exact) mass is 289 g/mol. The molecule has 0 bridgehead atoms. The molecule has 1 aromatic carbocycles. The molecule has 1 saturated heterocycles. The van der Waals surface area contributed by atoms with Gasteiger partial charge in [0.25, 0.3) is 0 Å². The Balaban J connectivity index is 2.05. The van der Waals surface area contributed by atoms with Gasteiger partial charge in [-0.2, -0.15) is 0 Å². The molecule has 2 atom stereocenters. The second kappa shape index (κ2) is 7.39. The molecule has 1 aromatic rings. The third-order valence-corrected chi connectivity index (χ3v) is 4.52. The first-order valence-corrected chi connectivity index (χ1v) is 8.20. The Morgan fingerprint density at radius 2 is 1.90 bits per heavy atom. The van der Waals surface area contributed by atoms with E-state index in [4.69, 9.17) is 0 Å². The van der Waals surface area contributed by atoms with E-state index in [1.807, 2.05) is 0 Å². The topological polar surface area (TPSA) is 18.5 Å². The molecule has 0 amide bonds. The minimum atomic E-state index is 0.439. The lowest BCUT2D eigenvalue weighted by molar-refractivity contribution is 0.251. The Labute approximate surface area is 130 Å². The maximum absolute atomic E-state index is 3.67. The fourth-order valence-electron chi connectivity index (χ4n) is 3.40. The molecule has 1 aliphatic heterocycles. The fourth-order valence-corrected chi connectivity index (χ4v) is 3.40. The molecule has 0 aromatic heterocycles. The zero-order chi connectivity index (χ0) is 15.4. The van der Waals surface area contributed by atoms with Gasteiger partial charge in [-0.15, -0.1) is 0 Å². The van der Waals surface area contributed by atoms with Crippen molar-refractivity contribution in [2.45, 2.75) is 39.3 Å². The number of hydrogen-bond donors (Lipinski definition) is 1. The van der Waals surface area contributed by atoms with Crippen molar-refractivity contribution in [3.05, 3.63) is 34.9 Å². The summed E-state index contributed by atoms with van der Waals surface area (Å²) in [5, 5.41) is 3.67. The van der Waals surface area contributed by atoms with Crippen molar-refractivity contribution in [3.8, 4) is 0 Å². The molecule has 0 radical (unpaired) electrons. The second-order valence-electron chi connectivity index (χ2n) is 6.70. The van der Waals surface area contributed by atoms with Crippen LogP contribution in [0.5, 0.6) is 0 Å². The summed E-state index contributed by atoms with van der Waals surface area (Å²) in [6.07, 6.45) is 1.29. The molecule has 0 spiro atoms. The molecule has 1 N–H and O–H groups in total. The van der Waals surface area contributed by atoms with Gasteiger partial charge in [0.05, 0.1) is 0 Å². The van der Waals surface area contributed by atoms with Crippen LogP contribution in [0.2, 0.25) is 0 Å². The van der Waals surface area contributed by atoms with Gasteiger partial charge < -0.3 is 10.2 Å². The molecule has 1 heterocycles. The van der Waals surface area contributed by atoms with Gasteiger partial charge in [0.1, 0.15) is 0 Å². The van der Waals surface area contributed by atoms with E-state index in [1.54, 1.807) is 0 Å². The second-order valence-corrected chi connectivity index (χ2v) is 6.70. The molecule has 118 valence electrons. The van der Waals surface area contributed by atoms with Gasteiger partial charge in [0, 0.05) is 25.2 Å². The molecular formula is C18H31N3. The molecule has 2 rings (SSSR count). The van der Waals surface area contributed by atoms with E-state index in [1.165, 1.54) is 36.2 Å². The van der Waals surface area contributed by atoms with Crippen molar-refractivity contribution in [2.24, 2.45) is 0 Å². The standard InChI is InChI=1S/C18H31N3/c1-6-19-18(16-10-14(2)9-15(3)11-16)13-21-8-7-17(12-21)20(4)5/h9-11,17-19H,6-8,12-13H2,1-5H3. The number of aryl methyl sites for hydroxylation is 2. The van der Waals surface area contributed by atoms with Gasteiger partial charge in [0.2, 0.25) is 0 Å². The maximum atomic E-state index is 3.67. The number of rotatable bonds is 6. The normalized spacial score (nSPS) is 21.1. The number of benzene rings is 1. The van der Waals surface area contributed by atoms with Crippen LogP contribution >= 0.6 is 0 Å². The SMILES string of the molecule is CCNC(CN1CCC(N(C)C)C1)c1cc(C)cc(C)c1. The first-order chi connectivity index (χ1) is 9.99. The zero-order valence-electron chi connectivity index (χ0n) is 14.3. The third kappa shape index (κ3) is 4.53. The Morgan fingerprint density at radius 3 is 2.43 bits per heavy atom. The third-order valence-electron chi connectivity index (χ3n) is 4.52. The molecular weight excluding hydrogens is 258 g/mol. The summed E-state index contributed by atoms with van der Waals surface area (Å²) in [5.74, 6) is 0. The number of nitrogens with zero attached hydrogens (tertiary/aromatic N) is 2. The summed E-state index contributed by atoms with van der Waals surface area (Å²) in [5.41, 5.74) is 4.16. The highest BCUT2D eigenvalue weighted by Crippen LogP contribution is 2.21. The molecule has 2 unspecified atom stereocenters. The number of hydrogen-bond acceptors (Lipinski definition) is 3. The van der Waals surface area contributed by atoms with Crippen LogP contribution in [0.15, 0.2) is 18.2 Å². The maximum Gasteiger partial charge on any atom is 0.0449 e. The lowest BCUT2D eigenvalue weighted by Gasteiger charge is -2.26. The van der Waals surface area contributed by atoms with Gasteiger partial charge >= 0.3 is 0 Å². The average Bonchev–Trinajstić information content (AvgIpc) is 2.86. The average molecular weight is 289 g/mol. The molecule has 0 saturated carbocycles. The summed E-state index contributed by atoms with van der Waals surface area (Å²) in [6.45, 7) is 11.1. The van der Waals surface area contributed by atoms with E-state index in [2.05, 4.69) is 68.2 Å². The minimum Gasteiger partial charge on any atom is -0.309 e. The summed E-state index contributed by atoms with van der Waals surface area (Å²) < 4.78 is 0. The zero-order valence-corrected chi connectivity index (χ0v) is 14.3. The van der Waals surface area contributed by atoms with Crippen molar-refractivity contribution in [2.75, 3.05) is 40.3 Å². The van der Waals surface area contributed by atoms with Crippen molar-refractivity contribution < 1.29 is 0 Å². The highest BCUT2D eigenvalue weighted by Gasteiger charge is 2.26. The van der Waals surface area contributed by atoms with Gasteiger partial charge in [-0.3, -0.25) is 4.90 Å². The van der Waals surface area contributed by atoms with Crippen molar-refractivity contribution in [3.63, 3.8) is 0 Å². The molecule has 1 fully saturated rings. The predicted molar refractivity (Wildman–Crippen MR) is 90.9 cm³/mol. The van der Waals surface area contributed by atoms with Crippen LogP contribution in [0.25, 0.3) is 0 Å².